The van der Waals surface area contributed by atoms with Crippen molar-refractivity contribution in [1.29, 1.82) is 0 Å². The second-order valence-electron chi connectivity index (χ2n) is 9.46. The van der Waals surface area contributed by atoms with E-state index in [0.29, 0.717) is 17.9 Å². The van der Waals surface area contributed by atoms with Crippen LogP contribution in [0.15, 0.2) is 39.7 Å². The molecule has 0 aromatic carbocycles. The summed E-state index contributed by atoms with van der Waals surface area (Å²) in [7, 11) is 2.98. The first kappa shape index (κ1) is 26.9. The number of H-pyrrole nitrogens is 1. The van der Waals surface area contributed by atoms with E-state index in [0.717, 1.165) is 24.1 Å². The lowest BCUT2D eigenvalue weighted by Crippen LogP contribution is -2.34. The summed E-state index contributed by atoms with van der Waals surface area (Å²) in [5.74, 6) is 0.558. The third kappa shape index (κ3) is 6.39. The van der Waals surface area contributed by atoms with Gasteiger partial charge in [-0.15, -0.1) is 0 Å². The number of allylic oxidation sites excluding steroid dienone is 5. The zero-order chi connectivity index (χ0) is 24.9. The monoisotopic (exact) mass is 459 g/mol. The van der Waals surface area contributed by atoms with E-state index < -0.39 is 11.7 Å². The van der Waals surface area contributed by atoms with Gasteiger partial charge in [0.1, 0.15) is 5.60 Å². The molecule has 4 atom stereocenters. The van der Waals surface area contributed by atoms with Crippen molar-refractivity contribution in [1.82, 2.24) is 4.98 Å². The summed E-state index contributed by atoms with van der Waals surface area (Å²) >= 11 is 0. The number of rotatable bonds is 11. The number of epoxide rings is 1. The molecule has 1 aromatic heterocycles. The van der Waals surface area contributed by atoms with E-state index in [9.17, 15) is 9.90 Å². The Morgan fingerprint density at radius 1 is 1.24 bits per heavy atom. The predicted octanol–water partition coefficient (Wildman–Crippen LogP) is 5.04. The summed E-state index contributed by atoms with van der Waals surface area (Å²) in [4.78, 5) is 15.7. The van der Waals surface area contributed by atoms with E-state index in [1.807, 2.05) is 13.8 Å². The maximum absolute atomic E-state index is 12.5. The molecule has 2 rings (SSSR count). The number of ether oxygens (including phenoxy) is 3. The molecule has 2 N–H and O–H groups in total. The summed E-state index contributed by atoms with van der Waals surface area (Å²) < 4.78 is 16.2. The van der Waals surface area contributed by atoms with Gasteiger partial charge in [0.25, 0.3) is 0 Å². The third-order valence-corrected chi connectivity index (χ3v) is 6.52. The Kier molecular flexibility index (Phi) is 9.15. The largest absolute Gasteiger partial charge is 0.488 e. The molecule has 0 radical (unpaired) electrons. The van der Waals surface area contributed by atoms with E-state index >= 15 is 0 Å². The quantitative estimate of drug-likeness (QED) is 0.275. The first-order valence-electron chi connectivity index (χ1n) is 11.7. The third-order valence-electron chi connectivity index (χ3n) is 6.52. The molecule has 6 nitrogen and oxygen atoms in total. The van der Waals surface area contributed by atoms with E-state index in [-0.39, 0.29) is 23.2 Å². The lowest BCUT2D eigenvalue weighted by molar-refractivity contribution is 0.0563. The minimum atomic E-state index is -0.514. The Morgan fingerprint density at radius 3 is 2.45 bits per heavy atom. The van der Waals surface area contributed by atoms with Crippen LogP contribution in [0.1, 0.15) is 65.6 Å². The topological polar surface area (TPSA) is 84.1 Å². The maximum atomic E-state index is 12.5. The SMILES string of the molecule is CC[C@@H]1O[C@]1(C)[C@H](O)[C@H](C)/C=C(C)/C=C(\C)C/C(C)=C/Cc1[nH]c(OC)c(OC)c(=O)c1C. The molecule has 0 unspecified atom stereocenters. The van der Waals surface area contributed by atoms with Crippen molar-refractivity contribution in [2.75, 3.05) is 14.2 Å². The number of aromatic amines is 1. The fourth-order valence-corrected chi connectivity index (χ4v) is 4.56. The van der Waals surface area contributed by atoms with Crippen molar-refractivity contribution in [3.63, 3.8) is 0 Å². The van der Waals surface area contributed by atoms with Crippen LogP contribution in [-0.4, -0.2) is 42.1 Å². The van der Waals surface area contributed by atoms with Crippen molar-refractivity contribution in [3.05, 3.63) is 56.4 Å². The maximum Gasteiger partial charge on any atom is 0.238 e. The van der Waals surface area contributed by atoms with Crippen molar-refractivity contribution in [2.45, 2.75) is 85.5 Å². The summed E-state index contributed by atoms with van der Waals surface area (Å²) in [6.07, 6.45) is 8.40. The van der Waals surface area contributed by atoms with Crippen molar-refractivity contribution in [3.8, 4) is 11.6 Å². The van der Waals surface area contributed by atoms with Crippen LogP contribution >= 0.6 is 0 Å². The van der Waals surface area contributed by atoms with Gasteiger partial charge in [0.2, 0.25) is 17.1 Å². The number of hydrogen-bond donors (Lipinski definition) is 2. The van der Waals surface area contributed by atoms with Gasteiger partial charge in [0.15, 0.2) is 0 Å². The van der Waals surface area contributed by atoms with Crippen molar-refractivity contribution < 1.29 is 19.3 Å². The fraction of sp³-hybridized carbons (Fsp3) is 0.593. The Balaban J connectivity index is 2.05. The van der Waals surface area contributed by atoms with Gasteiger partial charge in [-0.3, -0.25) is 4.79 Å². The second kappa shape index (κ2) is 11.2. The molecule has 2 heterocycles. The summed E-state index contributed by atoms with van der Waals surface area (Å²) in [5, 5.41) is 10.7. The molecule has 184 valence electrons. The van der Waals surface area contributed by atoms with Crippen LogP contribution < -0.4 is 14.9 Å². The Bertz CT molecular complexity index is 987. The molecule has 1 aliphatic rings. The molecule has 0 saturated carbocycles. The molecule has 1 fully saturated rings. The highest BCUT2D eigenvalue weighted by Gasteiger charge is 2.57. The van der Waals surface area contributed by atoms with Gasteiger partial charge in [-0.1, -0.05) is 48.8 Å². The van der Waals surface area contributed by atoms with Crippen molar-refractivity contribution in [2.24, 2.45) is 5.92 Å². The van der Waals surface area contributed by atoms with E-state index in [4.69, 9.17) is 14.2 Å². The average Bonchev–Trinajstić information content (AvgIpc) is 3.45. The minimum Gasteiger partial charge on any atom is -0.488 e. The zero-order valence-electron chi connectivity index (χ0n) is 21.7. The number of aliphatic hydroxyl groups excluding tert-OH is 1. The molecule has 0 bridgehead atoms. The van der Waals surface area contributed by atoms with E-state index in [1.54, 1.807) is 6.92 Å². The number of hydrogen-bond acceptors (Lipinski definition) is 5. The highest BCUT2D eigenvalue weighted by molar-refractivity contribution is 5.40. The molecule has 0 spiro atoms. The lowest BCUT2D eigenvalue weighted by Gasteiger charge is -2.21. The number of pyridine rings is 1. The molecular formula is C27H41NO5. The zero-order valence-corrected chi connectivity index (χ0v) is 21.7. The molecule has 1 aromatic rings. The molecular weight excluding hydrogens is 418 g/mol. The van der Waals surface area contributed by atoms with E-state index in [2.05, 4.69) is 50.9 Å². The Hall–Kier alpha value is -2.31. The predicted molar refractivity (Wildman–Crippen MR) is 133 cm³/mol. The van der Waals surface area contributed by atoms with Gasteiger partial charge in [-0.25, -0.2) is 0 Å². The average molecular weight is 460 g/mol. The van der Waals surface area contributed by atoms with Crippen LogP contribution in [0.2, 0.25) is 0 Å². The van der Waals surface area contributed by atoms with Crippen molar-refractivity contribution >= 4 is 0 Å². The van der Waals surface area contributed by atoms with Crippen LogP contribution in [0.3, 0.4) is 0 Å². The Labute approximate surface area is 198 Å². The van der Waals surface area contributed by atoms with Gasteiger partial charge in [0.05, 0.1) is 26.4 Å². The fourth-order valence-electron chi connectivity index (χ4n) is 4.56. The minimum absolute atomic E-state index is 0.0112. The molecule has 1 aliphatic heterocycles. The summed E-state index contributed by atoms with van der Waals surface area (Å²) in [5.41, 5.74) is 4.45. The van der Waals surface area contributed by atoms with Crippen LogP contribution in [0.25, 0.3) is 0 Å². The van der Waals surface area contributed by atoms with Gasteiger partial charge in [0, 0.05) is 23.6 Å². The van der Waals surface area contributed by atoms with Gasteiger partial charge in [-0.05, 0) is 47.5 Å². The van der Waals surface area contributed by atoms with Crippen LogP contribution in [0.4, 0.5) is 0 Å². The highest BCUT2D eigenvalue weighted by Crippen LogP contribution is 2.43. The normalized spacial score (nSPS) is 23.3. The summed E-state index contributed by atoms with van der Waals surface area (Å²) in [6.45, 7) is 14.2. The number of methoxy groups -OCH3 is 2. The summed E-state index contributed by atoms with van der Waals surface area (Å²) in [6, 6.07) is 0. The number of aliphatic hydroxyl groups is 1. The smallest absolute Gasteiger partial charge is 0.238 e. The standard InChI is InChI=1S/C27H41NO5/c1-10-22-27(7,33-22)25(30)19(5)15-18(4)14-17(3)13-16(2)11-12-21-20(6)23(29)24(31-8)26(28-21)32-9/h11,14-15,19,22,25,30H,10,12-13H2,1-9H3,(H,28,29)/b16-11+,17-14+,18-15+/t19-,22+,25-,27+/m1/s1. The molecule has 0 amide bonds. The molecule has 0 aliphatic carbocycles. The number of nitrogens with one attached hydrogen (secondary N) is 1. The van der Waals surface area contributed by atoms with Gasteiger partial charge >= 0.3 is 0 Å². The van der Waals surface area contributed by atoms with Crippen LogP contribution in [0.5, 0.6) is 11.6 Å². The molecule has 33 heavy (non-hydrogen) atoms. The highest BCUT2D eigenvalue weighted by atomic mass is 16.6. The molecule has 6 heteroatoms. The van der Waals surface area contributed by atoms with Gasteiger partial charge in [-0.2, -0.15) is 0 Å². The second-order valence-corrected chi connectivity index (χ2v) is 9.46. The first-order chi connectivity index (χ1) is 15.5. The molecule has 1 saturated heterocycles. The Morgan fingerprint density at radius 2 is 1.91 bits per heavy atom. The lowest BCUT2D eigenvalue weighted by atomic mass is 9.88. The van der Waals surface area contributed by atoms with Gasteiger partial charge < -0.3 is 24.3 Å². The van der Waals surface area contributed by atoms with Crippen LogP contribution in [0, 0.1) is 12.8 Å². The number of aromatic nitrogens is 1. The van der Waals surface area contributed by atoms with E-state index in [1.165, 1.54) is 25.4 Å². The van der Waals surface area contributed by atoms with Crippen LogP contribution in [-0.2, 0) is 11.2 Å². The first-order valence-corrected chi connectivity index (χ1v) is 11.7.